The van der Waals surface area contributed by atoms with Crippen molar-refractivity contribution < 1.29 is 4.79 Å². The summed E-state index contributed by atoms with van der Waals surface area (Å²) in [4.78, 5) is 18.7. The number of thioether (sulfide) groups is 1. The number of nitrogens with zero attached hydrogens (tertiary/aromatic N) is 3. The van der Waals surface area contributed by atoms with Crippen molar-refractivity contribution >= 4 is 42.5 Å². The van der Waals surface area contributed by atoms with Gasteiger partial charge in [0.25, 0.3) is 5.91 Å². The molecule has 9 heteroatoms. The summed E-state index contributed by atoms with van der Waals surface area (Å²) < 4.78 is 0. The average Bonchev–Trinajstić information content (AvgIpc) is 3.14. The lowest BCUT2D eigenvalue weighted by atomic mass is 9.96. The third-order valence-corrected chi connectivity index (χ3v) is 5.31. The van der Waals surface area contributed by atoms with Crippen molar-refractivity contribution in [1.29, 1.82) is 0 Å². The molecule has 0 saturated carbocycles. The van der Waals surface area contributed by atoms with Crippen LogP contribution in [0.3, 0.4) is 0 Å². The predicted octanol–water partition coefficient (Wildman–Crippen LogP) is 3.01. The fourth-order valence-electron chi connectivity index (χ4n) is 2.97. The number of hydrogen-bond donors (Lipinski definition) is 2. The normalized spacial score (nSPS) is 14.4. The minimum Gasteiger partial charge on any atom is -0.339 e. The number of carbonyl (C=O) groups excluding carboxylic acids is 1. The van der Waals surface area contributed by atoms with Crippen LogP contribution >= 0.6 is 36.6 Å². The molecule has 26 heavy (non-hydrogen) atoms. The Morgan fingerprint density at radius 2 is 1.96 bits per heavy atom. The Bertz CT molecular complexity index is 646. The smallest absolute Gasteiger partial charge is 0.253 e. The topological polar surface area (TPSA) is 73.9 Å². The second kappa shape index (κ2) is 11.4. The lowest BCUT2D eigenvalue weighted by molar-refractivity contribution is 0.0691. The fraction of sp³-hybridized carbons (Fsp3) is 0.471. The van der Waals surface area contributed by atoms with E-state index in [-0.39, 0.29) is 30.7 Å². The van der Waals surface area contributed by atoms with Crippen molar-refractivity contribution in [3.63, 3.8) is 0 Å². The SMILES string of the molecule is CNCC1CCN(C(=O)c2ccc(CSc3ncn[nH]3)cc2)CC1.Cl.Cl. The third-order valence-electron chi connectivity index (χ3n) is 4.36. The van der Waals surface area contributed by atoms with E-state index in [1.165, 1.54) is 11.9 Å². The molecule has 1 aliphatic heterocycles. The number of halogens is 2. The van der Waals surface area contributed by atoms with E-state index >= 15 is 0 Å². The average molecular weight is 418 g/mol. The van der Waals surface area contributed by atoms with E-state index in [1.54, 1.807) is 11.8 Å². The summed E-state index contributed by atoms with van der Waals surface area (Å²) in [6, 6.07) is 7.89. The second-order valence-electron chi connectivity index (χ2n) is 6.07. The van der Waals surface area contributed by atoms with Crippen LogP contribution in [0.15, 0.2) is 35.7 Å². The minimum atomic E-state index is 0. The highest BCUT2D eigenvalue weighted by molar-refractivity contribution is 7.98. The fourth-order valence-corrected chi connectivity index (χ4v) is 3.71. The molecule has 0 radical (unpaired) electrons. The van der Waals surface area contributed by atoms with Gasteiger partial charge in [-0.1, -0.05) is 23.9 Å². The van der Waals surface area contributed by atoms with Crippen LogP contribution in [0, 0.1) is 5.92 Å². The number of H-pyrrole nitrogens is 1. The van der Waals surface area contributed by atoms with Crippen LogP contribution in [-0.4, -0.2) is 52.7 Å². The Balaban J connectivity index is 0.00000169. The van der Waals surface area contributed by atoms with Crippen molar-refractivity contribution in [3.05, 3.63) is 41.7 Å². The van der Waals surface area contributed by atoms with Crippen LogP contribution in [0.2, 0.25) is 0 Å². The number of aromatic amines is 1. The quantitative estimate of drug-likeness (QED) is 0.706. The number of nitrogens with one attached hydrogen (secondary N) is 2. The molecule has 1 saturated heterocycles. The highest BCUT2D eigenvalue weighted by atomic mass is 35.5. The Kier molecular flexibility index (Phi) is 10.0. The lowest BCUT2D eigenvalue weighted by Crippen LogP contribution is -2.40. The van der Waals surface area contributed by atoms with Crippen molar-refractivity contribution in [2.24, 2.45) is 5.92 Å². The van der Waals surface area contributed by atoms with Crippen LogP contribution in [0.1, 0.15) is 28.8 Å². The molecule has 1 amide bonds. The zero-order valence-corrected chi connectivity index (χ0v) is 17.1. The van der Waals surface area contributed by atoms with Crippen molar-refractivity contribution in [2.75, 3.05) is 26.7 Å². The third kappa shape index (κ3) is 6.16. The Labute approximate surface area is 170 Å². The van der Waals surface area contributed by atoms with Gasteiger partial charge in [0, 0.05) is 24.4 Å². The molecule has 0 unspecified atom stereocenters. The van der Waals surface area contributed by atoms with E-state index in [9.17, 15) is 4.79 Å². The van der Waals surface area contributed by atoms with Crippen LogP contribution in [0.4, 0.5) is 0 Å². The first-order chi connectivity index (χ1) is 11.8. The first-order valence-corrected chi connectivity index (χ1v) is 9.26. The number of piperidine rings is 1. The lowest BCUT2D eigenvalue weighted by Gasteiger charge is -2.32. The van der Waals surface area contributed by atoms with Crippen LogP contribution in [0.25, 0.3) is 0 Å². The number of rotatable bonds is 6. The number of benzene rings is 1. The van der Waals surface area contributed by atoms with Gasteiger partial charge in [-0.3, -0.25) is 9.89 Å². The van der Waals surface area contributed by atoms with Crippen molar-refractivity contribution in [2.45, 2.75) is 23.8 Å². The maximum atomic E-state index is 12.6. The first kappa shape index (κ1) is 22.8. The van der Waals surface area contributed by atoms with Gasteiger partial charge in [-0.25, -0.2) is 4.98 Å². The number of amides is 1. The summed E-state index contributed by atoms with van der Waals surface area (Å²) in [5.74, 6) is 1.64. The summed E-state index contributed by atoms with van der Waals surface area (Å²) in [6.45, 7) is 2.75. The Hall–Kier alpha value is -1.28. The molecule has 2 N–H and O–H groups in total. The number of hydrogen-bond acceptors (Lipinski definition) is 5. The molecule has 0 aliphatic carbocycles. The van der Waals surface area contributed by atoms with E-state index in [0.29, 0.717) is 5.92 Å². The predicted molar refractivity (Wildman–Crippen MR) is 109 cm³/mol. The minimum absolute atomic E-state index is 0. The molecule has 2 heterocycles. The van der Waals surface area contributed by atoms with Gasteiger partial charge < -0.3 is 10.2 Å². The van der Waals surface area contributed by atoms with Gasteiger partial charge in [-0.2, -0.15) is 5.10 Å². The molecule has 3 rings (SSSR count). The zero-order chi connectivity index (χ0) is 16.8. The molecule has 2 aromatic rings. The molecule has 1 aromatic heterocycles. The molecule has 1 aromatic carbocycles. The Morgan fingerprint density at radius 3 is 2.54 bits per heavy atom. The monoisotopic (exact) mass is 417 g/mol. The van der Waals surface area contributed by atoms with E-state index < -0.39 is 0 Å². The van der Waals surface area contributed by atoms with Crippen LogP contribution in [-0.2, 0) is 5.75 Å². The summed E-state index contributed by atoms with van der Waals surface area (Å²) in [7, 11) is 1.99. The number of likely N-dealkylation sites (tertiary alicyclic amines) is 1. The van der Waals surface area contributed by atoms with Crippen LogP contribution in [0.5, 0.6) is 0 Å². The highest BCUT2D eigenvalue weighted by Gasteiger charge is 2.23. The van der Waals surface area contributed by atoms with E-state index in [2.05, 4.69) is 20.5 Å². The van der Waals surface area contributed by atoms with Gasteiger partial charge in [0.05, 0.1) is 0 Å². The van der Waals surface area contributed by atoms with Gasteiger partial charge in [-0.15, -0.1) is 24.8 Å². The van der Waals surface area contributed by atoms with Crippen molar-refractivity contribution in [1.82, 2.24) is 25.4 Å². The Morgan fingerprint density at radius 1 is 1.27 bits per heavy atom. The maximum Gasteiger partial charge on any atom is 0.253 e. The molecule has 6 nitrogen and oxygen atoms in total. The van der Waals surface area contributed by atoms with Gasteiger partial charge >= 0.3 is 0 Å². The second-order valence-corrected chi connectivity index (χ2v) is 7.03. The summed E-state index contributed by atoms with van der Waals surface area (Å²) in [6.07, 6.45) is 3.67. The summed E-state index contributed by atoms with van der Waals surface area (Å²) in [5, 5.41) is 10.7. The van der Waals surface area contributed by atoms with Gasteiger partial charge in [0.2, 0.25) is 0 Å². The molecule has 144 valence electrons. The summed E-state index contributed by atoms with van der Waals surface area (Å²) >= 11 is 1.60. The van der Waals surface area contributed by atoms with Gasteiger partial charge in [0.1, 0.15) is 6.33 Å². The molecule has 1 aliphatic rings. The molecule has 0 spiro atoms. The molecular formula is C17H25Cl2N5OS. The molecule has 0 bridgehead atoms. The molecule has 0 atom stereocenters. The van der Waals surface area contributed by atoms with Gasteiger partial charge in [0.15, 0.2) is 5.16 Å². The first-order valence-electron chi connectivity index (χ1n) is 8.27. The molecular weight excluding hydrogens is 393 g/mol. The van der Waals surface area contributed by atoms with E-state index in [0.717, 1.165) is 48.9 Å². The van der Waals surface area contributed by atoms with E-state index in [1.807, 2.05) is 36.2 Å². The van der Waals surface area contributed by atoms with Crippen molar-refractivity contribution in [3.8, 4) is 0 Å². The standard InChI is InChI=1S/C17H23N5OS.2ClH/c1-18-10-13-6-8-22(9-7-13)16(23)15-4-2-14(3-5-15)11-24-17-19-12-20-21-17;;/h2-5,12-13,18H,6-11H2,1H3,(H,19,20,21);2*1H. The summed E-state index contributed by atoms with van der Waals surface area (Å²) in [5.41, 5.74) is 1.94. The molecule has 1 fully saturated rings. The zero-order valence-electron chi connectivity index (χ0n) is 14.7. The van der Waals surface area contributed by atoms with Crippen LogP contribution < -0.4 is 5.32 Å². The van der Waals surface area contributed by atoms with Gasteiger partial charge in [-0.05, 0) is 50.0 Å². The maximum absolute atomic E-state index is 12.6. The number of carbonyl (C=O) groups is 1. The number of aromatic nitrogens is 3. The van der Waals surface area contributed by atoms with E-state index in [4.69, 9.17) is 0 Å². The highest BCUT2D eigenvalue weighted by Crippen LogP contribution is 2.21. The largest absolute Gasteiger partial charge is 0.339 e.